The lowest BCUT2D eigenvalue weighted by atomic mass is 10.1. The first kappa shape index (κ1) is 16.7. The number of hydrogen-bond acceptors (Lipinski definition) is 4. The number of nitrogens with one attached hydrogen (secondary N) is 1. The van der Waals surface area contributed by atoms with Crippen LogP contribution in [0.2, 0.25) is 0 Å². The number of sulfonamides is 1. The van der Waals surface area contributed by atoms with E-state index in [1.807, 2.05) is 6.92 Å². The van der Waals surface area contributed by atoms with Crippen molar-refractivity contribution in [1.82, 2.24) is 9.62 Å². The van der Waals surface area contributed by atoms with Gasteiger partial charge in [0.2, 0.25) is 10.0 Å². The maximum absolute atomic E-state index is 12.9. The van der Waals surface area contributed by atoms with E-state index >= 15 is 0 Å². The molecule has 0 aliphatic carbocycles. The topological polar surface area (TPSA) is 49.4 Å². The van der Waals surface area contributed by atoms with Gasteiger partial charge in [0.15, 0.2) is 0 Å². The molecule has 21 heavy (non-hydrogen) atoms. The van der Waals surface area contributed by atoms with Gasteiger partial charge in [-0.1, -0.05) is 12.1 Å². The molecule has 1 atom stereocenters. The largest absolute Gasteiger partial charge is 0.309 e. The second-order valence-electron chi connectivity index (χ2n) is 5.05. The van der Waals surface area contributed by atoms with Crippen molar-refractivity contribution in [2.75, 3.05) is 36.9 Å². The Morgan fingerprint density at radius 2 is 1.90 bits per heavy atom. The summed E-state index contributed by atoms with van der Waals surface area (Å²) in [7, 11) is -3.17. The van der Waals surface area contributed by atoms with Crippen LogP contribution in [-0.2, 0) is 10.0 Å². The number of benzene rings is 1. The van der Waals surface area contributed by atoms with Crippen molar-refractivity contribution in [3.63, 3.8) is 0 Å². The van der Waals surface area contributed by atoms with E-state index in [0.717, 1.165) is 17.1 Å². The van der Waals surface area contributed by atoms with E-state index in [4.69, 9.17) is 0 Å². The molecule has 2 rings (SSSR count). The highest BCUT2D eigenvalue weighted by atomic mass is 32.2. The Bertz CT molecular complexity index is 543. The lowest BCUT2D eigenvalue weighted by Gasteiger charge is -2.26. The maximum atomic E-state index is 12.9. The van der Waals surface area contributed by atoms with Crippen LogP contribution in [0.1, 0.15) is 18.5 Å². The molecule has 0 amide bonds. The number of halogens is 1. The molecule has 1 heterocycles. The molecule has 0 bridgehead atoms. The summed E-state index contributed by atoms with van der Waals surface area (Å²) in [5.74, 6) is 1.58. The standard InChI is InChI=1S/C14H21FN2O2S2/c1-12(13-2-4-14(15)5-3-13)16-6-11-21(18,19)17-7-9-20-10-8-17/h2-5,12,16H,6-11H2,1H3/t12-/m0/s1. The summed E-state index contributed by atoms with van der Waals surface area (Å²) in [4.78, 5) is 0. The predicted octanol–water partition coefficient (Wildman–Crippen LogP) is 1.85. The van der Waals surface area contributed by atoms with E-state index < -0.39 is 10.0 Å². The fourth-order valence-corrected chi connectivity index (χ4v) is 4.73. The molecule has 0 unspecified atom stereocenters. The monoisotopic (exact) mass is 332 g/mol. The van der Waals surface area contributed by atoms with Gasteiger partial charge in [-0.05, 0) is 24.6 Å². The first-order chi connectivity index (χ1) is 9.99. The van der Waals surface area contributed by atoms with Crippen molar-refractivity contribution >= 4 is 21.8 Å². The summed E-state index contributed by atoms with van der Waals surface area (Å²) in [5, 5.41) is 3.18. The third kappa shape index (κ3) is 4.95. The Morgan fingerprint density at radius 1 is 1.29 bits per heavy atom. The minimum Gasteiger partial charge on any atom is -0.309 e. The number of rotatable bonds is 6. The van der Waals surface area contributed by atoms with Gasteiger partial charge >= 0.3 is 0 Å². The second-order valence-corrected chi connectivity index (χ2v) is 8.37. The summed E-state index contributed by atoms with van der Waals surface area (Å²) in [6.45, 7) is 3.56. The summed E-state index contributed by atoms with van der Waals surface area (Å²) in [5.41, 5.74) is 0.947. The maximum Gasteiger partial charge on any atom is 0.215 e. The van der Waals surface area contributed by atoms with E-state index in [2.05, 4.69) is 5.32 Å². The molecule has 1 N–H and O–H groups in total. The van der Waals surface area contributed by atoms with Crippen molar-refractivity contribution in [2.45, 2.75) is 13.0 Å². The van der Waals surface area contributed by atoms with E-state index in [-0.39, 0.29) is 17.6 Å². The molecule has 0 aromatic heterocycles. The molecule has 1 aromatic carbocycles. The Morgan fingerprint density at radius 3 is 2.52 bits per heavy atom. The van der Waals surface area contributed by atoms with Gasteiger partial charge < -0.3 is 5.32 Å². The van der Waals surface area contributed by atoms with Gasteiger partial charge in [0.05, 0.1) is 5.75 Å². The number of hydrogen-bond donors (Lipinski definition) is 1. The molecule has 1 aromatic rings. The van der Waals surface area contributed by atoms with Crippen LogP contribution >= 0.6 is 11.8 Å². The predicted molar refractivity (Wildman–Crippen MR) is 85.5 cm³/mol. The lowest BCUT2D eigenvalue weighted by Crippen LogP contribution is -2.41. The zero-order valence-electron chi connectivity index (χ0n) is 12.1. The Labute approximate surface area is 130 Å². The quantitative estimate of drug-likeness (QED) is 0.864. The van der Waals surface area contributed by atoms with Crippen LogP contribution in [0.4, 0.5) is 4.39 Å². The Kier molecular flexibility index (Phi) is 6.04. The lowest BCUT2D eigenvalue weighted by molar-refractivity contribution is 0.441. The van der Waals surface area contributed by atoms with Crippen molar-refractivity contribution < 1.29 is 12.8 Å². The molecule has 4 nitrogen and oxygen atoms in total. The fourth-order valence-electron chi connectivity index (χ4n) is 2.23. The van der Waals surface area contributed by atoms with Crippen molar-refractivity contribution in [3.05, 3.63) is 35.6 Å². The molecule has 7 heteroatoms. The molecule has 0 spiro atoms. The molecule has 0 saturated carbocycles. The number of thioether (sulfide) groups is 1. The first-order valence-corrected chi connectivity index (χ1v) is 9.80. The van der Waals surface area contributed by atoms with Gasteiger partial charge in [0.25, 0.3) is 0 Å². The molecule has 0 radical (unpaired) electrons. The highest BCUT2D eigenvalue weighted by Gasteiger charge is 2.23. The fraction of sp³-hybridized carbons (Fsp3) is 0.571. The average Bonchev–Trinajstić information content (AvgIpc) is 2.48. The van der Waals surface area contributed by atoms with Crippen LogP contribution in [-0.4, -0.2) is 49.6 Å². The van der Waals surface area contributed by atoms with Crippen LogP contribution in [0.3, 0.4) is 0 Å². The van der Waals surface area contributed by atoms with Gasteiger partial charge in [0, 0.05) is 37.2 Å². The van der Waals surface area contributed by atoms with Crippen LogP contribution in [0.25, 0.3) is 0 Å². The van der Waals surface area contributed by atoms with Crippen molar-refractivity contribution in [2.24, 2.45) is 0 Å². The Balaban J connectivity index is 1.81. The molecule has 1 aliphatic heterocycles. The second kappa shape index (κ2) is 7.58. The summed E-state index contributed by atoms with van der Waals surface area (Å²) >= 11 is 1.79. The van der Waals surface area contributed by atoms with Crippen LogP contribution in [0.5, 0.6) is 0 Å². The molecular weight excluding hydrogens is 311 g/mol. The van der Waals surface area contributed by atoms with Crippen molar-refractivity contribution in [1.29, 1.82) is 0 Å². The molecule has 1 aliphatic rings. The zero-order valence-corrected chi connectivity index (χ0v) is 13.7. The third-order valence-corrected chi connectivity index (χ3v) is 6.36. The normalized spacial score (nSPS) is 18.6. The summed E-state index contributed by atoms with van der Waals surface area (Å²) in [6.07, 6.45) is 0. The minimum absolute atomic E-state index is 0.00212. The van der Waals surface area contributed by atoms with Gasteiger partial charge in [0.1, 0.15) is 5.82 Å². The summed E-state index contributed by atoms with van der Waals surface area (Å²) < 4.78 is 38.8. The first-order valence-electron chi connectivity index (χ1n) is 7.03. The highest BCUT2D eigenvalue weighted by Crippen LogP contribution is 2.14. The molecule has 1 saturated heterocycles. The average molecular weight is 332 g/mol. The van der Waals surface area contributed by atoms with E-state index in [0.29, 0.717) is 19.6 Å². The van der Waals surface area contributed by atoms with Gasteiger partial charge in [-0.2, -0.15) is 11.8 Å². The molecule has 118 valence electrons. The summed E-state index contributed by atoms with van der Waals surface area (Å²) in [6, 6.07) is 6.25. The van der Waals surface area contributed by atoms with Crippen LogP contribution < -0.4 is 5.32 Å². The zero-order chi connectivity index (χ0) is 15.3. The van der Waals surface area contributed by atoms with Crippen molar-refractivity contribution in [3.8, 4) is 0 Å². The van der Waals surface area contributed by atoms with Gasteiger partial charge in [-0.3, -0.25) is 0 Å². The van der Waals surface area contributed by atoms with Gasteiger partial charge in [-0.15, -0.1) is 0 Å². The smallest absolute Gasteiger partial charge is 0.215 e. The van der Waals surface area contributed by atoms with E-state index in [9.17, 15) is 12.8 Å². The van der Waals surface area contributed by atoms with Crippen LogP contribution in [0, 0.1) is 5.82 Å². The molecule has 1 fully saturated rings. The number of nitrogens with zero attached hydrogens (tertiary/aromatic N) is 1. The minimum atomic E-state index is -3.17. The molecular formula is C14H21FN2O2S2. The van der Waals surface area contributed by atoms with E-state index in [1.165, 1.54) is 12.1 Å². The Hall–Kier alpha value is -0.630. The SMILES string of the molecule is C[C@H](NCCS(=O)(=O)N1CCSCC1)c1ccc(F)cc1. The third-order valence-electron chi connectivity index (χ3n) is 3.54. The van der Waals surface area contributed by atoms with E-state index in [1.54, 1.807) is 28.2 Å². The van der Waals surface area contributed by atoms with Gasteiger partial charge in [-0.25, -0.2) is 17.1 Å². The highest BCUT2D eigenvalue weighted by molar-refractivity contribution is 7.99. The van der Waals surface area contributed by atoms with Crippen LogP contribution in [0.15, 0.2) is 24.3 Å².